The maximum absolute atomic E-state index is 12.6. The molecule has 2 unspecified atom stereocenters. The van der Waals surface area contributed by atoms with Gasteiger partial charge in [-0.15, -0.1) is 11.3 Å². The van der Waals surface area contributed by atoms with Gasteiger partial charge in [-0.1, -0.05) is 13.8 Å². The molecule has 1 aliphatic heterocycles. The van der Waals surface area contributed by atoms with E-state index in [9.17, 15) is 4.79 Å². The second-order valence-corrected chi connectivity index (χ2v) is 7.65. The van der Waals surface area contributed by atoms with Crippen LogP contribution < -0.4 is 5.32 Å². The Hall–Kier alpha value is -1.89. The van der Waals surface area contributed by atoms with Crippen LogP contribution in [0.2, 0.25) is 0 Å². The summed E-state index contributed by atoms with van der Waals surface area (Å²) in [5.74, 6) is 1.34. The van der Waals surface area contributed by atoms with Gasteiger partial charge >= 0.3 is 6.03 Å². The predicted octanol–water partition coefficient (Wildman–Crippen LogP) is 3.36. The molecular formula is C18H27N5OS. The van der Waals surface area contributed by atoms with Crippen molar-refractivity contribution in [3.05, 3.63) is 34.3 Å². The molecule has 0 spiro atoms. The summed E-state index contributed by atoms with van der Waals surface area (Å²) in [5.41, 5.74) is 1.05. The Balaban J connectivity index is 1.55. The number of carbonyl (C=O) groups is 1. The summed E-state index contributed by atoms with van der Waals surface area (Å²) in [5, 5.41) is 6.22. The number of rotatable bonds is 5. The molecule has 136 valence electrons. The molecule has 0 radical (unpaired) electrons. The molecule has 2 aromatic rings. The smallest absolute Gasteiger partial charge is 0.317 e. The average Bonchev–Trinajstić information content (AvgIpc) is 3.28. The molecule has 1 saturated heterocycles. The Morgan fingerprint density at radius 3 is 3.08 bits per heavy atom. The third-order valence-corrected chi connectivity index (χ3v) is 5.95. The summed E-state index contributed by atoms with van der Waals surface area (Å²) in [6, 6.07) is 0.360. The van der Waals surface area contributed by atoms with Crippen molar-refractivity contribution in [3.63, 3.8) is 0 Å². The highest BCUT2D eigenvalue weighted by atomic mass is 32.1. The van der Waals surface area contributed by atoms with Crippen molar-refractivity contribution in [2.75, 3.05) is 19.6 Å². The summed E-state index contributed by atoms with van der Waals surface area (Å²) in [6.45, 7) is 8.42. The van der Waals surface area contributed by atoms with E-state index in [0.717, 1.165) is 48.9 Å². The highest BCUT2D eigenvalue weighted by molar-refractivity contribution is 7.09. The fraction of sp³-hybridized carbons (Fsp3) is 0.611. The molecule has 0 bridgehead atoms. The number of nitrogens with one attached hydrogen (secondary N) is 1. The van der Waals surface area contributed by atoms with Gasteiger partial charge in [0.05, 0.1) is 11.0 Å². The third-order valence-electron chi connectivity index (χ3n) is 4.76. The van der Waals surface area contributed by atoms with Crippen LogP contribution in [0.3, 0.4) is 0 Å². The van der Waals surface area contributed by atoms with Crippen LogP contribution in [0, 0.1) is 6.92 Å². The number of thiazole rings is 1. The zero-order chi connectivity index (χ0) is 17.8. The zero-order valence-corrected chi connectivity index (χ0v) is 16.1. The Bertz CT molecular complexity index is 710. The van der Waals surface area contributed by atoms with E-state index in [4.69, 9.17) is 0 Å². The largest absolute Gasteiger partial charge is 0.337 e. The van der Waals surface area contributed by atoms with Crippen molar-refractivity contribution in [2.45, 2.75) is 52.0 Å². The highest BCUT2D eigenvalue weighted by Gasteiger charge is 2.26. The average molecular weight is 362 g/mol. The number of aryl methyl sites for hydroxylation is 2. The SMILES string of the molecule is CCc1nccn1C1CCCN(C(=O)NCC(C)c2nc(C)cs2)C1. The Labute approximate surface area is 153 Å². The second kappa shape index (κ2) is 7.99. The molecule has 3 rings (SSSR count). The normalized spacial score (nSPS) is 19.0. The fourth-order valence-corrected chi connectivity index (χ4v) is 4.21. The Kier molecular flexibility index (Phi) is 5.73. The van der Waals surface area contributed by atoms with E-state index >= 15 is 0 Å². The van der Waals surface area contributed by atoms with Crippen molar-refractivity contribution >= 4 is 17.4 Å². The molecule has 1 fully saturated rings. The molecule has 3 heterocycles. The molecule has 2 aromatic heterocycles. The minimum absolute atomic E-state index is 0.0305. The van der Waals surface area contributed by atoms with E-state index in [1.54, 1.807) is 11.3 Å². The van der Waals surface area contributed by atoms with Gasteiger partial charge in [0.1, 0.15) is 5.82 Å². The van der Waals surface area contributed by atoms with Crippen LogP contribution in [0.4, 0.5) is 4.79 Å². The number of likely N-dealkylation sites (tertiary alicyclic amines) is 1. The van der Waals surface area contributed by atoms with Gasteiger partial charge in [-0.25, -0.2) is 14.8 Å². The zero-order valence-electron chi connectivity index (χ0n) is 15.2. The van der Waals surface area contributed by atoms with Gasteiger partial charge in [0, 0.05) is 55.4 Å². The van der Waals surface area contributed by atoms with Crippen molar-refractivity contribution in [1.29, 1.82) is 0 Å². The molecule has 25 heavy (non-hydrogen) atoms. The topological polar surface area (TPSA) is 63.1 Å². The quantitative estimate of drug-likeness (QED) is 0.888. The van der Waals surface area contributed by atoms with E-state index in [1.165, 1.54) is 0 Å². The lowest BCUT2D eigenvalue weighted by Crippen LogP contribution is -2.46. The molecule has 2 atom stereocenters. The molecule has 0 aliphatic carbocycles. The fourth-order valence-electron chi connectivity index (χ4n) is 3.35. The number of urea groups is 1. The first kappa shape index (κ1) is 17.9. The van der Waals surface area contributed by atoms with Crippen LogP contribution in [0.1, 0.15) is 55.2 Å². The van der Waals surface area contributed by atoms with Crippen LogP contribution in [-0.4, -0.2) is 45.1 Å². The number of nitrogens with zero attached hydrogens (tertiary/aromatic N) is 4. The second-order valence-electron chi connectivity index (χ2n) is 6.76. The third kappa shape index (κ3) is 4.21. The number of hydrogen-bond acceptors (Lipinski definition) is 4. The summed E-state index contributed by atoms with van der Waals surface area (Å²) in [6.07, 6.45) is 6.94. The minimum Gasteiger partial charge on any atom is -0.337 e. The number of piperidine rings is 1. The summed E-state index contributed by atoms with van der Waals surface area (Å²) < 4.78 is 2.24. The molecule has 2 amide bonds. The van der Waals surface area contributed by atoms with Crippen molar-refractivity contribution in [1.82, 2.24) is 24.8 Å². The lowest BCUT2D eigenvalue weighted by Gasteiger charge is -2.34. The summed E-state index contributed by atoms with van der Waals surface area (Å²) in [7, 11) is 0. The summed E-state index contributed by atoms with van der Waals surface area (Å²) >= 11 is 1.66. The number of imidazole rings is 1. The van der Waals surface area contributed by atoms with E-state index in [0.29, 0.717) is 12.6 Å². The minimum atomic E-state index is 0.0305. The van der Waals surface area contributed by atoms with E-state index in [1.807, 2.05) is 24.2 Å². The van der Waals surface area contributed by atoms with Gasteiger partial charge in [-0.2, -0.15) is 0 Å². The molecule has 7 heteroatoms. The number of amides is 2. The lowest BCUT2D eigenvalue weighted by atomic mass is 10.1. The van der Waals surface area contributed by atoms with Crippen LogP contribution in [0.5, 0.6) is 0 Å². The standard InChI is InChI=1S/C18H27N5OS/c1-4-16-19-7-9-23(16)15-6-5-8-22(11-15)18(24)20-10-13(2)17-21-14(3)12-25-17/h7,9,12-13,15H,4-6,8,10-11H2,1-3H3,(H,20,24). The van der Waals surface area contributed by atoms with Crippen LogP contribution in [0.15, 0.2) is 17.8 Å². The molecular weight excluding hydrogens is 334 g/mol. The van der Waals surface area contributed by atoms with Gasteiger partial charge in [-0.3, -0.25) is 0 Å². The monoisotopic (exact) mass is 361 g/mol. The molecule has 1 N–H and O–H groups in total. The predicted molar refractivity (Wildman–Crippen MR) is 100 cm³/mol. The van der Waals surface area contributed by atoms with Gasteiger partial charge in [0.15, 0.2) is 0 Å². The van der Waals surface area contributed by atoms with E-state index in [2.05, 4.69) is 39.1 Å². The first-order chi connectivity index (χ1) is 12.1. The van der Waals surface area contributed by atoms with Gasteiger partial charge < -0.3 is 14.8 Å². The summed E-state index contributed by atoms with van der Waals surface area (Å²) in [4.78, 5) is 23.4. The van der Waals surface area contributed by atoms with Crippen molar-refractivity contribution in [2.24, 2.45) is 0 Å². The van der Waals surface area contributed by atoms with Crippen LogP contribution >= 0.6 is 11.3 Å². The first-order valence-electron chi connectivity index (χ1n) is 9.05. The number of carbonyl (C=O) groups excluding carboxylic acids is 1. The number of hydrogen-bond donors (Lipinski definition) is 1. The van der Waals surface area contributed by atoms with Crippen LogP contribution in [0.25, 0.3) is 0 Å². The van der Waals surface area contributed by atoms with Gasteiger partial charge in [-0.05, 0) is 19.8 Å². The molecule has 6 nitrogen and oxygen atoms in total. The maximum atomic E-state index is 12.6. The van der Waals surface area contributed by atoms with Gasteiger partial charge in [0.25, 0.3) is 0 Å². The van der Waals surface area contributed by atoms with Crippen molar-refractivity contribution < 1.29 is 4.79 Å². The first-order valence-corrected chi connectivity index (χ1v) is 9.93. The van der Waals surface area contributed by atoms with E-state index < -0.39 is 0 Å². The molecule has 1 aliphatic rings. The van der Waals surface area contributed by atoms with Crippen molar-refractivity contribution in [3.8, 4) is 0 Å². The van der Waals surface area contributed by atoms with Gasteiger partial charge in [0.2, 0.25) is 0 Å². The molecule has 0 saturated carbocycles. The molecule has 0 aromatic carbocycles. The highest BCUT2D eigenvalue weighted by Crippen LogP contribution is 2.23. The lowest BCUT2D eigenvalue weighted by molar-refractivity contribution is 0.165. The van der Waals surface area contributed by atoms with Crippen LogP contribution in [-0.2, 0) is 6.42 Å². The Morgan fingerprint density at radius 1 is 1.52 bits per heavy atom. The number of aromatic nitrogens is 3. The van der Waals surface area contributed by atoms with E-state index in [-0.39, 0.29) is 11.9 Å². The Morgan fingerprint density at radius 2 is 2.36 bits per heavy atom. The maximum Gasteiger partial charge on any atom is 0.317 e.